The third kappa shape index (κ3) is 7.34. The molecule has 0 radical (unpaired) electrons. The number of amides is 1. The molecule has 0 atom stereocenters. The molecular weight excluding hydrogens is 321 g/mol. The number of guanidine groups is 1. The number of hydrogen-bond acceptors (Lipinski definition) is 2. The highest BCUT2D eigenvalue weighted by Gasteiger charge is 2.30. The van der Waals surface area contributed by atoms with Gasteiger partial charge in [-0.2, -0.15) is 13.2 Å². The van der Waals surface area contributed by atoms with Crippen LogP contribution in [-0.2, 0) is 17.5 Å². The second-order valence-corrected chi connectivity index (χ2v) is 6.28. The Balaban J connectivity index is 2.55. The smallest absolute Gasteiger partial charge is 0.352 e. The van der Waals surface area contributed by atoms with Crippen LogP contribution in [0.5, 0.6) is 0 Å². The molecule has 24 heavy (non-hydrogen) atoms. The summed E-state index contributed by atoms with van der Waals surface area (Å²) >= 11 is 0. The van der Waals surface area contributed by atoms with Crippen LogP contribution in [0.15, 0.2) is 29.3 Å². The van der Waals surface area contributed by atoms with Gasteiger partial charge in [0.1, 0.15) is 0 Å². The Morgan fingerprint density at radius 1 is 1.17 bits per heavy atom. The maximum absolute atomic E-state index is 12.7. The summed E-state index contributed by atoms with van der Waals surface area (Å²) in [4.78, 5) is 15.7. The molecule has 0 bridgehead atoms. The van der Waals surface area contributed by atoms with Gasteiger partial charge in [0, 0.05) is 19.1 Å². The van der Waals surface area contributed by atoms with Crippen LogP contribution >= 0.6 is 0 Å². The average Bonchev–Trinajstić information content (AvgIpc) is 2.45. The van der Waals surface area contributed by atoms with Crippen molar-refractivity contribution in [3.63, 3.8) is 0 Å². The lowest BCUT2D eigenvalue weighted by Crippen LogP contribution is -2.48. The predicted molar refractivity (Wildman–Crippen MR) is 87.5 cm³/mol. The summed E-state index contributed by atoms with van der Waals surface area (Å²) in [6.07, 6.45) is -4.37. The fraction of sp³-hybridized carbons (Fsp3) is 0.500. The van der Waals surface area contributed by atoms with E-state index in [1.165, 1.54) is 13.1 Å². The summed E-state index contributed by atoms with van der Waals surface area (Å²) in [5, 5.41) is 8.47. The van der Waals surface area contributed by atoms with Crippen molar-refractivity contribution in [3.05, 3.63) is 35.4 Å². The molecule has 1 rings (SSSR count). The van der Waals surface area contributed by atoms with Crippen molar-refractivity contribution in [2.75, 3.05) is 13.6 Å². The van der Waals surface area contributed by atoms with Gasteiger partial charge in [-0.1, -0.05) is 12.1 Å². The molecule has 0 fully saturated rings. The highest BCUT2D eigenvalue weighted by Crippen LogP contribution is 2.29. The number of hydrogen-bond donors (Lipinski definition) is 3. The zero-order chi connectivity index (χ0) is 18.4. The van der Waals surface area contributed by atoms with E-state index in [9.17, 15) is 18.0 Å². The molecule has 1 aromatic carbocycles. The van der Waals surface area contributed by atoms with Gasteiger partial charge in [-0.05, 0) is 38.5 Å². The molecule has 0 saturated heterocycles. The van der Waals surface area contributed by atoms with Crippen LogP contribution in [-0.4, -0.2) is 31.0 Å². The maximum Gasteiger partial charge on any atom is 0.416 e. The molecule has 0 spiro atoms. The quantitative estimate of drug-likeness (QED) is 0.580. The van der Waals surface area contributed by atoms with E-state index in [4.69, 9.17) is 0 Å². The summed E-state index contributed by atoms with van der Waals surface area (Å²) in [6.45, 7) is 5.77. The van der Waals surface area contributed by atoms with Gasteiger partial charge in [-0.3, -0.25) is 9.79 Å². The Labute approximate surface area is 139 Å². The van der Waals surface area contributed by atoms with E-state index in [-0.39, 0.29) is 24.5 Å². The van der Waals surface area contributed by atoms with Crippen LogP contribution in [0.25, 0.3) is 0 Å². The highest BCUT2D eigenvalue weighted by molar-refractivity contribution is 5.86. The van der Waals surface area contributed by atoms with Gasteiger partial charge in [0.25, 0.3) is 0 Å². The lowest BCUT2D eigenvalue weighted by Gasteiger charge is -2.21. The van der Waals surface area contributed by atoms with E-state index in [0.717, 1.165) is 12.1 Å². The van der Waals surface area contributed by atoms with Crippen molar-refractivity contribution in [3.8, 4) is 0 Å². The standard InChI is InChI=1S/C16H23F3N4O/c1-15(2,3)23-13(24)10-22-14(20-4)21-9-11-6-5-7-12(8-11)16(17,18)19/h5-8H,9-10H2,1-4H3,(H,23,24)(H2,20,21,22). The van der Waals surface area contributed by atoms with E-state index in [1.54, 1.807) is 6.07 Å². The molecule has 0 aliphatic rings. The molecule has 3 N–H and O–H groups in total. The Kier molecular flexibility index (Phi) is 6.62. The number of nitrogens with one attached hydrogen (secondary N) is 3. The van der Waals surface area contributed by atoms with Crippen molar-refractivity contribution >= 4 is 11.9 Å². The molecule has 134 valence electrons. The third-order valence-corrected chi connectivity index (χ3v) is 2.87. The molecule has 0 aliphatic carbocycles. The topological polar surface area (TPSA) is 65.5 Å². The van der Waals surface area contributed by atoms with E-state index in [2.05, 4.69) is 20.9 Å². The molecule has 0 saturated carbocycles. The molecular formula is C16H23F3N4O. The molecule has 0 aliphatic heterocycles. The molecule has 1 amide bonds. The largest absolute Gasteiger partial charge is 0.416 e. The van der Waals surface area contributed by atoms with Gasteiger partial charge in [-0.25, -0.2) is 0 Å². The minimum atomic E-state index is -4.37. The van der Waals surface area contributed by atoms with Crippen LogP contribution in [0.1, 0.15) is 31.9 Å². The summed E-state index contributed by atoms with van der Waals surface area (Å²) < 4.78 is 38.0. The van der Waals surface area contributed by atoms with Crippen molar-refractivity contribution in [2.45, 2.75) is 39.0 Å². The van der Waals surface area contributed by atoms with Crippen LogP contribution in [0.3, 0.4) is 0 Å². The van der Waals surface area contributed by atoms with Gasteiger partial charge in [0.2, 0.25) is 5.91 Å². The van der Waals surface area contributed by atoms with Crippen LogP contribution in [0, 0.1) is 0 Å². The molecule has 1 aromatic rings. The minimum absolute atomic E-state index is 0.0134. The van der Waals surface area contributed by atoms with E-state index in [1.807, 2.05) is 20.8 Å². The Morgan fingerprint density at radius 2 is 1.83 bits per heavy atom. The third-order valence-electron chi connectivity index (χ3n) is 2.87. The number of halogens is 3. The van der Waals surface area contributed by atoms with Gasteiger partial charge in [0.15, 0.2) is 5.96 Å². The normalized spacial score (nSPS) is 12.7. The predicted octanol–water partition coefficient (Wildman–Crippen LogP) is 2.29. The lowest BCUT2D eigenvalue weighted by atomic mass is 10.1. The number of nitrogens with zero attached hydrogens (tertiary/aromatic N) is 1. The summed E-state index contributed by atoms with van der Waals surface area (Å²) in [5.74, 6) is 0.126. The first-order valence-electron chi connectivity index (χ1n) is 7.43. The van der Waals surface area contributed by atoms with Crippen LogP contribution in [0.4, 0.5) is 13.2 Å². The number of rotatable bonds is 4. The SMILES string of the molecule is CN=C(NCC(=O)NC(C)(C)C)NCc1cccc(C(F)(F)F)c1. The highest BCUT2D eigenvalue weighted by atomic mass is 19.4. The first-order valence-corrected chi connectivity index (χ1v) is 7.43. The Morgan fingerprint density at radius 3 is 2.38 bits per heavy atom. The molecule has 0 aromatic heterocycles. The fourth-order valence-electron chi connectivity index (χ4n) is 1.89. The minimum Gasteiger partial charge on any atom is -0.352 e. The number of carbonyl (C=O) groups excluding carboxylic acids is 1. The summed E-state index contributed by atoms with van der Waals surface area (Å²) in [7, 11) is 1.52. The Hall–Kier alpha value is -2.25. The summed E-state index contributed by atoms with van der Waals surface area (Å²) in [5.41, 5.74) is -0.575. The van der Waals surface area contributed by atoms with Gasteiger partial charge >= 0.3 is 6.18 Å². The fourth-order valence-corrected chi connectivity index (χ4v) is 1.89. The van der Waals surface area contributed by atoms with E-state index >= 15 is 0 Å². The second kappa shape index (κ2) is 8.03. The first-order chi connectivity index (χ1) is 11.0. The average molecular weight is 344 g/mol. The van der Waals surface area contributed by atoms with E-state index < -0.39 is 11.7 Å². The second-order valence-electron chi connectivity index (χ2n) is 6.28. The van der Waals surface area contributed by atoms with Crippen molar-refractivity contribution in [1.82, 2.24) is 16.0 Å². The molecule has 5 nitrogen and oxygen atoms in total. The molecule has 0 unspecified atom stereocenters. The van der Waals surface area contributed by atoms with Crippen molar-refractivity contribution in [1.29, 1.82) is 0 Å². The van der Waals surface area contributed by atoms with Gasteiger partial charge in [-0.15, -0.1) is 0 Å². The van der Waals surface area contributed by atoms with Crippen LogP contribution in [0.2, 0.25) is 0 Å². The van der Waals surface area contributed by atoms with Gasteiger partial charge in [0.05, 0.1) is 12.1 Å². The molecule has 0 heterocycles. The number of benzene rings is 1. The number of alkyl halides is 3. The molecule has 8 heteroatoms. The number of carbonyl (C=O) groups is 1. The zero-order valence-electron chi connectivity index (χ0n) is 14.2. The summed E-state index contributed by atoms with van der Waals surface area (Å²) in [6, 6.07) is 5.04. The van der Waals surface area contributed by atoms with E-state index in [0.29, 0.717) is 11.5 Å². The zero-order valence-corrected chi connectivity index (χ0v) is 14.2. The monoisotopic (exact) mass is 344 g/mol. The first kappa shape index (κ1) is 19.8. The lowest BCUT2D eigenvalue weighted by molar-refractivity contribution is -0.137. The number of aliphatic imine (C=N–C) groups is 1. The van der Waals surface area contributed by atoms with Crippen LogP contribution < -0.4 is 16.0 Å². The van der Waals surface area contributed by atoms with Gasteiger partial charge < -0.3 is 16.0 Å². The Bertz CT molecular complexity index is 592. The van der Waals surface area contributed by atoms with Crippen molar-refractivity contribution in [2.24, 2.45) is 4.99 Å². The maximum atomic E-state index is 12.7. The van der Waals surface area contributed by atoms with Crippen molar-refractivity contribution < 1.29 is 18.0 Å².